The fourth-order valence-corrected chi connectivity index (χ4v) is 4.05. The number of ether oxygens (including phenoxy) is 1. The summed E-state index contributed by atoms with van der Waals surface area (Å²) in [5.41, 5.74) is 2.08. The summed E-state index contributed by atoms with van der Waals surface area (Å²) in [7, 11) is 0. The van der Waals surface area contributed by atoms with Crippen LogP contribution in [0.25, 0.3) is 0 Å². The van der Waals surface area contributed by atoms with Gasteiger partial charge in [0.25, 0.3) is 5.91 Å². The van der Waals surface area contributed by atoms with Crippen LogP contribution in [0.5, 0.6) is 5.75 Å². The van der Waals surface area contributed by atoms with Crippen molar-refractivity contribution in [3.05, 3.63) is 88.6 Å². The molecule has 1 aliphatic heterocycles. The van der Waals surface area contributed by atoms with Gasteiger partial charge in [-0.3, -0.25) is 4.79 Å². The first-order valence-corrected chi connectivity index (χ1v) is 11.8. The summed E-state index contributed by atoms with van der Waals surface area (Å²) in [5.74, 6) is -2.95. The number of amides is 1. The van der Waals surface area contributed by atoms with Gasteiger partial charge in [0.1, 0.15) is 34.8 Å². The molecule has 3 aromatic rings. The molecule has 9 heteroatoms. The highest BCUT2D eigenvalue weighted by molar-refractivity contribution is 5.97. The van der Waals surface area contributed by atoms with Crippen molar-refractivity contribution in [3.8, 4) is 5.75 Å². The van der Waals surface area contributed by atoms with Gasteiger partial charge in [0.05, 0.1) is 6.61 Å². The van der Waals surface area contributed by atoms with E-state index < -0.39 is 35.1 Å². The number of pyridine rings is 1. The van der Waals surface area contributed by atoms with Crippen LogP contribution in [0, 0.1) is 11.6 Å². The lowest BCUT2D eigenvalue weighted by Crippen LogP contribution is -2.42. The molecule has 3 N–H and O–H groups in total. The zero-order valence-corrected chi connectivity index (χ0v) is 19.6. The number of anilines is 1. The number of carboxylic acids is 1. The first kappa shape index (κ1) is 25.1. The van der Waals surface area contributed by atoms with E-state index in [1.54, 1.807) is 24.3 Å². The average Bonchev–Trinajstić information content (AvgIpc) is 2.87. The van der Waals surface area contributed by atoms with Gasteiger partial charge in [-0.2, -0.15) is 0 Å². The van der Waals surface area contributed by atoms with Crippen LogP contribution in [0.15, 0.2) is 54.6 Å². The third kappa shape index (κ3) is 6.35. The number of halogens is 2. The van der Waals surface area contributed by atoms with Crippen molar-refractivity contribution in [1.29, 1.82) is 0 Å². The molecule has 0 saturated heterocycles. The maximum atomic E-state index is 13.8. The molecule has 36 heavy (non-hydrogen) atoms. The van der Waals surface area contributed by atoms with Gasteiger partial charge in [0.2, 0.25) is 0 Å². The lowest BCUT2D eigenvalue weighted by atomic mass is 10.0. The van der Waals surface area contributed by atoms with Crippen molar-refractivity contribution < 1.29 is 28.2 Å². The quantitative estimate of drug-likeness (QED) is 0.366. The predicted octanol–water partition coefficient (Wildman–Crippen LogP) is 4.16. The highest BCUT2D eigenvalue weighted by Gasteiger charge is 2.24. The summed E-state index contributed by atoms with van der Waals surface area (Å²) in [5, 5.41) is 15.0. The average molecular weight is 496 g/mol. The molecule has 1 amide bonds. The van der Waals surface area contributed by atoms with Crippen LogP contribution >= 0.6 is 0 Å². The van der Waals surface area contributed by atoms with E-state index in [-0.39, 0.29) is 6.42 Å². The van der Waals surface area contributed by atoms with Crippen molar-refractivity contribution in [2.45, 2.75) is 38.1 Å². The van der Waals surface area contributed by atoms with Crippen molar-refractivity contribution in [2.75, 3.05) is 18.5 Å². The van der Waals surface area contributed by atoms with Gasteiger partial charge in [0.15, 0.2) is 0 Å². The smallest absolute Gasteiger partial charge is 0.326 e. The van der Waals surface area contributed by atoms with E-state index in [2.05, 4.69) is 27.8 Å². The molecular weight excluding hydrogens is 468 g/mol. The lowest BCUT2D eigenvalue weighted by Gasteiger charge is -2.17. The van der Waals surface area contributed by atoms with Crippen molar-refractivity contribution in [3.63, 3.8) is 0 Å². The summed E-state index contributed by atoms with van der Waals surface area (Å²) >= 11 is 0. The lowest BCUT2D eigenvalue weighted by molar-refractivity contribution is -0.139. The van der Waals surface area contributed by atoms with Gasteiger partial charge in [-0.05, 0) is 67.1 Å². The van der Waals surface area contributed by atoms with Crippen LogP contribution in [0.4, 0.5) is 14.6 Å². The molecule has 0 spiro atoms. The number of aliphatic carboxylic acids is 1. The number of aromatic nitrogens is 1. The Bertz CT molecular complexity index is 1210. The summed E-state index contributed by atoms with van der Waals surface area (Å²) in [6, 6.07) is 12.6. The number of carbonyl (C=O) groups is 2. The van der Waals surface area contributed by atoms with E-state index in [0.29, 0.717) is 17.9 Å². The maximum Gasteiger partial charge on any atom is 0.326 e. The summed E-state index contributed by atoms with van der Waals surface area (Å²) in [6.45, 7) is 1.44. The molecule has 0 radical (unpaired) electrons. The van der Waals surface area contributed by atoms with E-state index in [1.807, 2.05) is 0 Å². The highest BCUT2D eigenvalue weighted by Crippen LogP contribution is 2.20. The van der Waals surface area contributed by atoms with E-state index in [1.165, 1.54) is 5.56 Å². The summed E-state index contributed by atoms with van der Waals surface area (Å²) < 4.78 is 33.5. The molecule has 1 aromatic heterocycles. The van der Waals surface area contributed by atoms with Gasteiger partial charge in [-0.1, -0.05) is 24.3 Å². The largest absolute Gasteiger partial charge is 0.494 e. The Balaban J connectivity index is 1.27. The normalized spacial score (nSPS) is 13.3. The van der Waals surface area contributed by atoms with Gasteiger partial charge < -0.3 is 20.5 Å². The molecule has 0 bridgehead atoms. The first-order valence-electron chi connectivity index (χ1n) is 11.8. The second-order valence-corrected chi connectivity index (χ2v) is 8.60. The van der Waals surface area contributed by atoms with E-state index in [0.717, 1.165) is 61.9 Å². The van der Waals surface area contributed by atoms with Crippen LogP contribution in [0.1, 0.15) is 40.0 Å². The summed E-state index contributed by atoms with van der Waals surface area (Å²) in [6.07, 6.45) is 3.69. The number of hydrogen-bond donors (Lipinski definition) is 3. The first-order chi connectivity index (χ1) is 17.4. The molecule has 1 unspecified atom stereocenters. The number of hydrogen-bond acceptors (Lipinski definition) is 5. The number of carboxylic acid groups (broad SMARTS) is 1. The molecule has 0 aliphatic carbocycles. The zero-order chi connectivity index (χ0) is 25.5. The summed E-state index contributed by atoms with van der Waals surface area (Å²) in [4.78, 5) is 28.6. The predicted molar refractivity (Wildman–Crippen MR) is 130 cm³/mol. The second-order valence-electron chi connectivity index (χ2n) is 8.60. The van der Waals surface area contributed by atoms with Gasteiger partial charge in [0, 0.05) is 18.7 Å². The Morgan fingerprint density at radius 2 is 1.83 bits per heavy atom. The fraction of sp³-hybridized carbons (Fsp3) is 0.296. The Kier molecular flexibility index (Phi) is 8.10. The van der Waals surface area contributed by atoms with Crippen LogP contribution in [-0.4, -0.2) is 41.2 Å². The highest BCUT2D eigenvalue weighted by atomic mass is 19.1. The Labute approximate surface area is 207 Å². The second kappa shape index (κ2) is 11.6. The minimum atomic E-state index is -1.36. The Morgan fingerprint density at radius 1 is 1.08 bits per heavy atom. The minimum absolute atomic E-state index is 0.0601. The van der Waals surface area contributed by atoms with Crippen molar-refractivity contribution in [2.24, 2.45) is 0 Å². The molecule has 2 aromatic carbocycles. The van der Waals surface area contributed by atoms with Gasteiger partial charge >= 0.3 is 5.97 Å². The molecular formula is C27H27F2N3O4. The maximum absolute atomic E-state index is 13.8. The Hall–Kier alpha value is -4.01. The number of nitrogens with zero attached hydrogens (tertiary/aromatic N) is 1. The zero-order valence-electron chi connectivity index (χ0n) is 19.6. The monoisotopic (exact) mass is 495 g/mol. The molecule has 0 saturated carbocycles. The van der Waals surface area contributed by atoms with Crippen LogP contribution in [0.3, 0.4) is 0 Å². The van der Waals surface area contributed by atoms with Crippen molar-refractivity contribution >= 4 is 17.7 Å². The molecule has 7 nitrogen and oxygen atoms in total. The fourth-order valence-electron chi connectivity index (χ4n) is 4.05. The van der Waals surface area contributed by atoms with Crippen molar-refractivity contribution in [1.82, 2.24) is 10.3 Å². The van der Waals surface area contributed by atoms with E-state index in [4.69, 9.17) is 4.74 Å². The number of benzene rings is 2. The van der Waals surface area contributed by atoms with Gasteiger partial charge in [-0.25, -0.2) is 18.6 Å². The minimum Gasteiger partial charge on any atom is -0.494 e. The number of rotatable bonds is 10. The number of carbonyl (C=O) groups excluding carboxylic acids is 1. The molecule has 0 fully saturated rings. The molecule has 2 heterocycles. The molecule has 1 atom stereocenters. The molecule has 188 valence electrons. The Morgan fingerprint density at radius 3 is 2.56 bits per heavy atom. The third-order valence-corrected chi connectivity index (χ3v) is 5.95. The van der Waals surface area contributed by atoms with Gasteiger partial charge in [-0.15, -0.1) is 0 Å². The van der Waals surface area contributed by atoms with Crippen LogP contribution in [-0.2, 0) is 24.1 Å². The topological polar surface area (TPSA) is 101 Å². The third-order valence-electron chi connectivity index (χ3n) is 5.95. The number of fused-ring (bicyclic) bond motifs is 1. The van der Waals surface area contributed by atoms with Crippen LogP contribution in [0.2, 0.25) is 0 Å². The molecule has 1 aliphatic rings. The van der Waals surface area contributed by atoms with E-state index >= 15 is 0 Å². The number of aryl methyl sites for hydroxylation is 2. The number of nitrogens with one attached hydrogen (secondary N) is 2. The van der Waals surface area contributed by atoms with Crippen LogP contribution < -0.4 is 15.4 Å². The molecule has 4 rings (SSSR count). The SMILES string of the molecule is O=C(NC(Cc1ccc(OCCCc2ccc3c(n2)NCCC3)cc1)C(=O)O)c1c(F)cccc1F. The van der Waals surface area contributed by atoms with E-state index in [9.17, 15) is 23.5 Å². The standard InChI is InChI=1S/C27H27F2N3O4/c28-21-6-1-7-22(29)24(21)26(33)32-23(27(34)35)16-17-8-12-20(13-9-17)36-15-3-5-19-11-10-18-4-2-14-30-25(18)31-19/h1,6-13,23H,2-5,14-16H2,(H,30,31)(H,32,33)(H,34,35).